The van der Waals surface area contributed by atoms with Gasteiger partial charge in [-0.2, -0.15) is 4.39 Å². The van der Waals surface area contributed by atoms with Crippen molar-refractivity contribution in [2.45, 2.75) is 20.3 Å². The van der Waals surface area contributed by atoms with Crippen LogP contribution in [-0.2, 0) is 0 Å². The minimum absolute atomic E-state index is 0.0318. The number of halogens is 2. The number of nitrogens with one attached hydrogen (secondary N) is 1. The third kappa shape index (κ3) is 5.13. The highest BCUT2D eigenvalue weighted by atomic mass is 19.2. The largest absolute Gasteiger partial charge is 0.489 e. The predicted molar refractivity (Wildman–Crippen MR) is 64.2 cm³/mol. The fraction of sp³-hybridized carbons (Fsp3) is 0.538. The molecule has 0 saturated carbocycles. The first kappa shape index (κ1) is 13.9. The Morgan fingerprint density at radius 2 is 2.00 bits per heavy atom. The van der Waals surface area contributed by atoms with E-state index < -0.39 is 11.6 Å². The van der Waals surface area contributed by atoms with Gasteiger partial charge in [-0.15, -0.1) is 0 Å². The number of ether oxygens (including phenoxy) is 1. The molecular weight excluding hydrogens is 224 g/mol. The second kappa shape index (κ2) is 7.22. The van der Waals surface area contributed by atoms with Crippen molar-refractivity contribution in [3.63, 3.8) is 0 Å². The topological polar surface area (TPSA) is 21.3 Å². The Morgan fingerprint density at radius 1 is 1.24 bits per heavy atom. The molecule has 1 aromatic carbocycles. The Bertz CT molecular complexity index is 342. The monoisotopic (exact) mass is 243 g/mol. The van der Waals surface area contributed by atoms with Gasteiger partial charge >= 0.3 is 0 Å². The highest BCUT2D eigenvalue weighted by Crippen LogP contribution is 2.18. The minimum Gasteiger partial charge on any atom is -0.489 e. The van der Waals surface area contributed by atoms with E-state index in [4.69, 9.17) is 4.74 Å². The molecular formula is C13H19F2NO. The lowest BCUT2D eigenvalue weighted by atomic mass is 10.1. The van der Waals surface area contributed by atoms with Gasteiger partial charge in [0.2, 0.25) is 5.82 Å². The van der Waals surface area contributed by atoms with Gasteiger partial charge in [-0.3, -0.25) is 0 Å². The summed E-state index contributed by atoms with van der Waals surface area (Å²) >= 11 is 0. The molecule has 1 rings (SSSR count). The van der Waals surface area contributed by atoms with Crippen LogP contribution in [0.5, 0.6) is 5.75 Å². The van der Waals surface area contributed by atoms with Crippen LogP contribution in [0.4, 0.5) is 8.78 Å². The Morgan fingerprint density at radius 3 is 2.71 bits per heavy atom. The lowest BCUT2D eigenvalue weighted by Crippen LogP contribution is -2.23. The van der Waals surface area contributed by atoms with Gasteiger partial charge < -0.3 is 10.1 Å². The summed E-state index contributed by atoms with van der Waals surface area (Å²) in [5.41, 5.74) is 0. The molecule has 0 spiro atoms. The van der Waals surface area contributed by atoms with Crippen molar-refractivity contribution >= 4 is 0 Å². The molecule has 0 heterocycles. The van der Waals surface area contributed by atoms with Crippen molar-refractivity contribution in [3.05, 3.63) is 29.8 Å². The molecule has 0 amide bonds. The molecule has 0 aromatic heterocycles. The number of benzene rings is 1. The molecule has 2 nitrogen and oxygen atoms in total. The second-order valence-corrected chi connectivity index (χ2v) is 4.33. The molecule has 0 bridgehead atoms. The maximum absolute atomic E-state index is 13.2. The lowest BCUT2D eigenvalue weighted by Gasteiger charge is -2.09. The molecule has 0 aliphatic heterocycles. The molecule has 96 valence electrons. The maximum Gasteiger partial charge on any atom is 0.200 e. The normalized spacial score (nSPS) is 10.9. The first-order chi connectivity index (χ1) is 8.11. The summed E-state index contributed by atoms with van der Waals surface area (Å²) in [6.45, 7) is 6.18. The zero-order valence-corrected chi connectivity index (χ0v) is 10.3. The summed E-state index contributed by atoms with van der Waals surface area (Å²) in [5.74, 6) is -1.18. The summed E-state index contributed by atoms with van der Waals surface area (Å²) in [6, 6.07) is 3.93. The van der Waals surface area contributed by atoms with E-state index in [-0.39, 0.29) is 5.75 Å². The molecule has 1 N–H and O–H groups in total. The van der Waals surface area contributed by atoms with E-state index in [1.54, 1.807) is 0 Å². The predicted octanol–water partition coefficient (Wildman–Crippen LogP) is 2.98. The quantitative estimate of drug-likeness (QED) is 0.743. The third-order valence-corrected chi connectivity index (χ3v) is 2.35. The summed E-state index contributed by atoms with van der Waals surface area (Å²) in [5, 5.41) is 3.18. The van der Waals surface area contributed by atoms with Crippen LogP contribution >= 0.6 is 0 Å². The second-order valence-electron chi connectivity index (χ2n) is 4.33. The highest BCUT2D eigenvalue weighted by Gasteiger charge is 2.07. The Hall–Kier alpha value is -1.16. The molecule has 0 atom stereocenters. The lowest BCUT2D eigenvalue weighted by molar-refractivity contribution is 0.292. The first-order valence-corrected chi connectivity index (χ1v) is 5.88. The van der Waals surface area contributed by atoms with E-state index in [9.17, 15) is 8.78 Å². The van der Waals surface area contributed by atoms with Crippen molar-refractivity contribution < 1.29 is 13.5 Å². The summed E-state index contributed by atoms with van der Waals surface area (Å²) in [4.78, 5) is 0. The molecule has 0 fully saturated rings. The highest BCUT2D eigenvalue weighted by molar-refractivity contribution is 5.24. The molecule has 0 unspecified atom stereocenters. The standard InChI is InChI=1S/C13H19F2NO/c1-10(2)6-7-16-8-9-17-12-5-3-4-11(14)13(12)15/h3-5,10,16H,6-9H2,1-2H3. The van der Waals surface area contributed by atoms with Crippen LogP contribution < -0.4 is 10.1 Å². The van der Waals surface area contributed by atoms with Crippen LogP contribution in [0.3, 0.4) is 0 Å². The van der Waals surface area contributed by atoms with Gasteiger partial charge in [0.05, 0.1) is 0 Å². The number of hydrogen-bond donors (Lipinski definition) is 1. The van der Waals surface area contributed by atoms with Crippen LogP contribution in [0, 0.1) is 17.6 Å². The summed E-state index contributed by atoms with van der Waals surface area (Å²) in [6.07, 6.45) is 1.09. The molecule has 0 saturated heterocycles. The Labute approximate surface area is 101 Å². The van der Waals surface area contributed by atoms with Crippen LogP contribution in [0.25, 0.3) is 0 Å². The average Bonchev–Trinajstić information content (AvgIpc) is 2.28. The maximum atomic E-state index is 13.2. The summed E-state index contributed by atoms with van der Waals surface area (Å²) in [7, 11) is 0. The van der Waals surface area contributed by atoms with Gasteiger partial charge in [-0.25, -0.2) is 4.39 Å². The molecule has 17 heavy (non-hydrogen) atoms. The zero-order chi connectivity index (χ0) is 12.7. The fourth-order valence-electron chi connectivity index (χ4n) is 1.34. The van der Waals surface area contributed by atoms with E-state index in [0.717, 1.165) is 19.0 Å². The molecule has 0 aliphatic carbocycles. The number of rotatable bonds is 7. The van der Waals surface area contributed by atoms with Crippen LogP contribution in [0.1, 0.15) is 20.3 Å². The zero-order valence-electron chi connectivity index (χ0n) is 10.3. The number of hydrogen-bond acceptors (Lipinski definition) is 2. The van der Waals surface area contributed by atoms with E-state index in [2.05, 4.69) is 19.2 Å². The van der Waals surface area contributed by atoms with E-state index in [1.165, 1.54) is 12.1 Å². The van der Waals surface area contributed by atoms with Crippen molar-refractivity contribution in [1.29, 1.82) is 0 Å². The average molecular weight is 243 g/mol. The van der Waals surface area contributed by atoms with E-state index in [1.807, 2.05) is 0 Å². The third-order valence-electron chi connectivity index (χ3n) is 2.35. The van der Waals surface area contributed by atoms with Crippen LogP contribution in [0.15, 0.2) is 18.2 Å². The molecule has 0 aliphatic rings. The van der Waals surface area contributed by atoms with E-state index >= 15 is 0 Å². The van der Waals surface area contributed by atoms with Crippen LogP contribution in [-0.4, -0.2) is 19.7 Å². The van der Waals surface area contributed by atoms with Gasteiger partial charge in [0.1, 0.15) is 6.61 Å². The van der Waals surface area contributed by atoms with Gasteiger partial charge in [-0.05, 0) is 31.0 Å². The van der Waals surface area contributed by atoms with E-state index in [0.29, 0.717) is 19.1 Å². The SMILES string of the molecule is CC(C)CCNCCOc1cccc(F)c1F. The van der Waals surface area contributed by atoms with Gasteiger partial charge in [0.25, 0.3) is 0 Å². The summed E-state index contributed by atoms with van der Waals surface area (Å²) < 4.78 is 31.1. The van der Waals surface area contributed by atoms with Crippen molar-refractivity contribution in [2.24, 2.45) is 5.92 Å². The molecule has 1 aromatic rings. The Balaban J connectivity index is 2.20. The molecule has 4 heteroatoms. The van der Waals surface area contributed by atoms with Crippen molar-refractivity contribution in [3.8, 4) is 5.75 Å². The van der Waals surface area contributed by atoms with Crippen molar-refractivity contribution in [1.82, 2.24) is 5.32 Å². The van der Waals surface area contributed by atoms with Gasteiger partial charge in [0, 0.05) is 6.54 Å². The molecule has 0 radical (unpaired) electrons. The van der Waals surface area contributed by atoms with Crippen molar-refractivity contribution in [2.75, 3.05) is 19.7 Å². The first-order valence-electron chi connectivity index (χ1n) is 5.88. The Kier molecular flexibility index (Phi) is 5.91. The fourth-order valence-corrected chi connectivity index (χ4v) is 1.34. The van der Waals surface area contributed by atoms with Gasteiger partial charge in [-0.1, -0.05) is 19.9 Å². The minimum atomic E-state index is -0.922. The van der Waals surface area contributed by atoms with Gasteiger partial charge in [0.15, 0.2) is 11.6 Å². The van der Waals surface area contributed by atoms with Crippen LogP contribution in [0.2, 0.25) is 0 Å². The smallest absolute Gasteiger partial charge is 0.200 e.